The lowest BCUT2D eigenvalue weighted by molar-refractivity contribution is -0.141. The Balaban J connectivity index is 1.92. The molecule has 0 saturated heterocycles. The number of unbranched alkanes of at least 4 members (excludes halogenated alkanes) is 2. The number of esters is 1. The van der Waals surface area contributed by atoms with Crippen LogP contribution in [-0.4, -0.2) is 25.7 Å². The van der Waals surface area contributed by atoms with Crippen molar-refractivity contribution < 1.29 is 14.3 Å². The molecule has 2 aromatic rings. The molecule has 27 heavy (non-hydrogen) atoms. The highest BCUT2D eigenvalue weighted by atomic mass is 16.5. The van der Waals surface area contributed by atoms with Crippen LogP contribution in [0.5, 0.6) is 5.75 Å². The highest BCUT2D eigenvalue weighted by Gasteiger charge is 2.08. The van der Waals surface area contributed by atoms with Gasteiger partial charge in [-0.3, -0.25) is 4.79 Å². The maximum absolute atomic E-state index is 10.9. The van der Waals surface area contributed by atoms with Crippen molar-refractivity contribution in [1.82, 2.24) is 0 Å². The second kappa shape index (κ2) is 12.0. The van der Waals surface area contributed by atoms with Crippen LogP contribution in [0.2, 0.25) is 0 Å². The molecule has 0 N–H and O–H groups in total. The SMILES string of the molecule is CCCCN(CCCCOC(C)=O)c1cccc(OCc2ccccc2)c1. The number of carbonyl (C=O) groups is 1. The first-order valence-electron chi connectivity index (χ1n) is 9.84. The van der Waals surface area contributed by atoms with Crippen molar-refractivity contribution in [2.45, 2.75) is 46.1 Å². The van der Waals surface area contributed by atoms with Gasteiger partial charge in [-0.2, -0.15) is 0 Å². The Labute approximate surface area is 163 Å². The van der Waals surface area contributed by atoms with Crippen molar-refractivity contribution in [2.24, 2.45) is 0 Å². The molecular weight excluding hydrogens is 338 g/mol. The third kappa shape index (κ3) is 8.16. The molecule has 0 unspecified atom stereocenters. The maximum Gasteiger partial charge on any atom is 0.302 e. The van der Waals surface area contributed by atoms with E-state index in [4.69, 9.17) is 9.47 Å². The predicted octanol–water partition coefficient (Wildman–Crippen LogP) is 5.22. The molecule has 0 amide bonds. The minimum Gasteiger partial charge on any atom is -0.489 e. The normalized spacial score (nSPS) is 10.4. The fourth-order valence-electron chi connectivity index (χ4n) is 2.85. The van der Waals surface area contributed by atoms with Crippen molar-refractivity contribution in [3.63, 3.8) is 0 Å². The summed E-state index contributed by atoms with van der Waals surface area (Å²) in [5.41, 5.74) is 2.35. The summed E-state index contributed by atoms with van der Waals surface area (Å²) in [6, 6.07) is 18.5. The van der Waals surface area contributed by atoms with Gasteiger partial charge >= 0.3 is 5.97 Å². The van der Waals surface area contributed by atoms with Crippen LogP contribution in [0.4, 0.5) is 5.69 Å². The first-order chi connectivity index (χ1) is 13.2. The minimum absolute atomic E-state index is 0.207. The number of anilines is 1. The summed E-state index contributed by atoms with van der Waals surface area (Å²) in [6.45, 7) is 6.70. The van der Waals surface area contributed by atoms with Gasteiger partial charge in [0.25, 0.3) is 0 Å². The molecule has 2 rings (SSSR count). The zero-order chi connectivity index (χ0) is 19.3. The number of hydrogen-bond donors (Lipinski definition) is 0. The van der Waals surface area contributed by atoms with Crippen molar-refractivity contribution in [3.8, 4) is 5.75 Å². The van der Waals surface area contributed by atoms with Gasteiger partial charge in [0.1, 0.15) is 12.4 Å². The molecule has 0 aliphatic rings. The Hall–Kier alpha value is -2.49. The molecule has 0 aromatic heterocycles. The van der Waals surface area contributed by atoms with Gasteiger partial charge in [-0.1, -0.05) is 49.7 Å². The van der Waals surface area contributed by atoms with E-state index in [-0.39, 0.29) is 5.97 Å². The smallest absolute Gasteiger partial charge is 0.302 e. The number of ether oxygens (including phenoxy) is 2. The van der Waals surface area contributed by atoms with Crippen molar-refractivity contribution >= 4 is 11.7 Å². The average molecular weight is 370 g/mol. The molecule has 0 spiro atoms. The lowest BCUT2D eigenvalue weighted by Crippen LogP contribution is -2.26. The standard InChI is InChI=1S/C23H31NO3/c1-3-4-15-24(16-8-9-17-26-20(2)25)22-13-10-14-23(18-22)27-19-21-11-6-5-7-12-21/h5-7,10-14,18H,3-4,8-9,15-17,19H2,1-2H3. The molecule has 2 aromatic carbocycles. The van der Waals surface area contributed by atoms with Crippen LogP contribution in [0, 0.1) is 0 Å². The Morgan fingerprint density at radius 1 is 0.963 bits per heavy atom. The number of nitrogens with zero attached hydrogens (tertiary/aromatic N) is 1. The van der Waals surface area contributed by atoms with Gasteiger partial charge in [-0.05, 0) is 37.0 Å². The Kier molecular flexibility index (Phi) is 9.25. The van der Waals surface area contributed by atoms with E-state index in [1.807, 2.05) is 30.3 Å². The quantitative estimate of drug-likeness (QED) is 0.380. The monoisotopic (exact) mass is 369 g/mol. The number of rotatable bonds is 12. The molecular formula is C23H31NO3. The Morgan fingerprint density at radius 2 is 1.74 bits per heavy atom. The van der Waals surface area contributed by atoms with Crippen molar-refractivity contribution in [1.29, 1.82) is 0 Å². The van der Waals surface area contributed by atoms with Gasteiger partial charge in [0.15, 0.2) is 0 Å². The number of hydrogen-bond acceptors (Lipinski definition) is 4. The molecule has 146 valence electrons. The molecule has 0 fully saturated rings. The zero-order valence-electron chi connectivity index (χ0n) is 16.5. The Morgan fingerprint density at radius 3 is 2.48 bits per heavy atom. The second-order valence-corrected chi connectivity index (χ2v) is 6.66. The summed E-state index contributed by atoms with van der Waals surface area (Å²) < 4.78 is 11.0. The van der Waals surface area contributed by atoms with E-state index < -0.39 is 0 Å². The molecule has 0 atom stereocenters. The average Bonchev–Trinajstić information content (AvgIpc) is 2.69. The highest BCUT2D eigenvalue weighted by Crippen LogP contribution is 2.23. The van der Waals surface area contributed by atoms with Crippen LogP contribution in [0.25, 0.3) is 0 Å². The van der Waals surface area contributed by atoms with E-state index >= 15 is 0 Å². The van der Waals surface area contributed by atoms with Crippen LogP contribution >= 0.6 is 0 Å². The van der Waals surface area contributed by atoms with Gasteiger partial charge < -0.3 is 14.4 Å². The number of carbonyl (C=O) groups excluding carboxylic acids is 1. The van der Waals surface area contributed by atoms with Crippen LogP contribution in [0.1, 0.15) is 45.1 Å². The summed E-state index contributed by atoms with van der Waals surface area (Å²) in [7, 11) is 0. The first kappa shape index (κ1) is 20.8. The molecule has 4 heteroatoms. The van der Waals surface area contributed by atoms with E-state index in [0.29, 0.717) is 13.2 Å². The fourth-order valence-corrected chi connectivity index (χ4v) is 2.85. The molecule has 0 radical (unpaired) electrons. The van der Waals surface area contributed by atoms with Gasteiger partial charge in [-0.25, -0.2) is 0 Å². The summed E-state index contributed by atoms with van der Waals surface area (Å²) in [4.78, 5) is 13.3. The lowest BCUT2D eigenvalue weighted by atomic mass is 10.2. The third-order valence-corrected chi connectivity index (χ3v) is 4.34. The van der Waals surface area contributed by atoms with Crippen molar-refractivity contribution in [3.05, 3.63) is 60.2 Å². The summed E-state index contributed by atoms with van der Waals surface area (Å²) in [6.07, 6.45) is 4.19. The minimum atomic E-state index is -0.207. The van der Waals surface area contributed by atoms with Gasteiger partial charge in [0.05, 0.1) is 6.61 Å². The van der Waals surface area contributed by atoms with E-state index in [9.17, 15) is 4.79 Å². The van der Waals surface area contributed by atoms with E-state index in [2.05, 4.69) is 36.1 Å². The molecule has 0 saturated carbocycles. The van der Waals surface area contributed by atoms with E-state index in [1.165, 1.54) is 12.6 Å². The fraction of sp³-hybridized carbons (Fsp3) is 0.435. The molecule has 0 heterocycles. The van der Waals surface area contributed by atoms with Crippen LogP contribution in [0.3, 0.4) is 0 Å². The van der Waals surface area contributed by atoms with E-state index in [1.54, 1.807) is 0 Å². The molecule has 4 nitrogen and oxygen atoms in total. The second-order valence-electron chi connectivity index (χ2n) is 6.66. The van der Waals surface area contributed by atoms with Gasteiger partial charge in [-0.15, -0.1) is 0 Å². The van der Waals surface area contributed by atoms with Gasteiger partial charge in [0.2, 0.25) is 0 Å². The summed E-state index contributed by atoms with van der Waals surface area (Å²) in [5.74, 6) is 0.680. The number of benzene rings is 2. The Bertz CT molecular complexity index is 672. The third-order valence-electron chi connectivity index (χ3n) is 4.34. The zero-order valence-corrected chi connectivity index (χ0v) is 16.5. The largest absolute Gasteiger partial charge is 0.489 e. The molecule has 0 aliphatic heterocycles. The summed E-state index contributed by atoms with van der Waals surface area (Å²) in [5, 5.41) is 0. The van der Waals surface area contributed by atoms with Crippen LogP contribution < -0.4 is 9.64 Å². The first-order valence-corrected chi connectivity index (χ1v) is 9.84. The lowest BCUT2D eigenvalue weighted by Gasteiger charge is -2.25. The summed E-state index contributed by atoms with van der Waals surface area (Å²) >= 11 is 0. The molecule has 0 aliphatic carbocycles. The van der Waals surface area contributed by atoms with Crippen LogP contribution in [0.15, 0.2) is 54.6 Å². The van der Waals surface area contributed by atoms with Crippen molar-refractivity contribution in [2.75, 3.05) is 24.6 Å². The highest BCUT2D eigenvalue weighted by molar-refractivity contribution is 5.65. The molecule has 0 bridgehead atoms. The maximum atomic E-state index is 10.9. The predicted molar refractivity (Wildman–Crippen MR) is 110 cm³/mol. The topological polar surface area (TPSA) is 38.8 Å². The van der Waals surface area contributed by atoms with Crippen LogP contribution in [-0.2, 0) is 16.1 Å². The van der Waals surface area contributed by atoms with E-state index in [0.717, 1.165) is 50.1 Å². The van der Waals surface area contributed by atoms with Gasteiger partial charge in [0, 0.05) is 31.8 Å².